The molecule has 27 heavy (non-hydrogen) atoms. The molecule has 5 nitrogen and oxygen atoms in total. The van der Waals surface area contributed by atoms with Gasteiger partial charge < -0.3 is 4.98 Å². The Bertz CT molecular complexity index is 1220. The summed E-state index contributed by atoms with van der Waals surface area (Å²) in [5.74, 6) is 2.09. The second-order valence-corrected chi connectivity index (χ2v) is 8.24. The van der Waals surface area contributed by atoms with Gasteiger partial charge >= 0.3 is 0 Å². The second-order valence-electron chi connectivity index (χ2n) is 6.91. The number of hydrogen-bond donors (Lipinski definition) is 1. The largest absolute Gasteiger partial charge is 0.309 e. The third kappa shape index (κ3) is 3.10. The first kappa shape index (κ1) is 16.4. The highest BCUT2D eigenvalue weighted by molar-refractivity contribution is 7.99. The number of para-hydroxylation sites is 2. The predicted octanol–water partition coefficient (Wildman–Crippen LogP) is 4.60. The van der Waals surface area contributed by atoms with Crippen molar-refractivity contribution in [2.45, 2.75) is 36.0 Å². The molecule has 0 amide bonds. The molecular weight excluding hydrogens is 356 g/mol. The lowest BCUT2D eigenvalue weighted by Gasteiger charge is -2.13. The normalized spacial score (nSPS) is 15.3. The summed E-state index contributed by atoms with van der Waals surface area (Å²) in [6.07, 6.45) is 2.33. The third-order valence-corrected chi connectivity index (χ3v) is 5.94. The van der Waals surface area contributed by atoms with E-state index in [1.165, 1.54) is 0 Å². The molecule has 0 spiro atoms. The quantitative estimate of drug-likeness (QED) is 0.418. The first-order chi connectivity index (χ1) is 13.2. The molecule has 134 valence electrons. The Morgan fingerprint density at radius 1 is 0.963 bits per heavy atom. The van der Waals surface area contributed by atoms with E-state index in [2.05, 4.69) is 16.0 Å². The lowest BCUT2D eigenvalue weighted by molar-refractivity contribution is 0.890. The molecule has 0 aliphatic heterocycles. The fraction of sp³-hybridized carbons (Fsp3) is 0.238. The van der Waals surface area contributed by atoms with Crippen molar-refractivity contribution in [3.63, 3.8) is 0 Å². The first-order valence-electron chi connectivity index (χ1n) is 9.11. The Balaban J connectivity index is 1.56. The molecule has 1 atom stereocenters. The number of nitrogens with zero attached hydrogens (tertiary/aromatic N) is 3. The van der Waals surface area contributed by atoms with Crippen LogP contribution in [0.4, 0.5) is 0 Å². The average Bonchev–Trinajstić information content (AvgIpc) is 3.53. The summed E-state index contributed by atoms with van der Waals surface area (Å²) in [7, 11) is 0. The van der Waals surface area contributed by atoms with Crippen LogP contribution in [0.5, 0.6) is 0 Å². The zero-order valence-electron chi connectivity index (χ0n) is 14.8. The highest BCUT2D eigenvalue weighted by Crippen LogP contribution is 2.41. The van der Waals surface area contributed by atoms with Crippen LogP contribution in [0.3, 0.4) is 0 Å². The van der Waals surface area contributed by atoms with Gasteiger partial charge in [-0.1, -0.05) is 42.1 Å². The zero-order chi connectivity index (χ0) is 18.4. The van der Waals surface area contributed by atoms with Crippen LogP contribution in [-0.4, -0.2) is 19.9 Å². The van der Waals surface area contributed by atoms with Gasteiger partial charge in [-0.3, -0.25) is 4.79 Å². The number of fused-ring (bicyclic) bond motifs is 2. The Morgan fingerprint density at radius 2 is 1.63 bits per heavy atom. The van der Waals surface area contributed by atoms with Crippen LogP contribution in [0.1, 0.15) is 42.6 Å². The summed E-state index contributed by atoms with van der Waals surface area (Å²) in [6.45, 7) is 2.05. The lowest BCUT2D eigenvalue weighted by Crippen LogP contribution is -2.12. The standard InChI is InChI=1S/C21H18N4OS/c1-12(18-22-16-8-4-2-6-14(16)20(26)24-18)27-21-15-7-3-5-9-17(15)23-19(25-21)13-10-11-13/h2-9,12-13H,10-11H2,1H3,(H,22,24,26). The van der Waals surface area contributed by atoms with E-state index in [-0.39, 0.29) is 10.8 Å². The van der Waals surface area contributed by atoms with Crippen LogP contribution in [0.15, 0.2) is 58.4 Å². The predicted molar refractivity (Wildman–Crippen MR) is 108 cm³/mol. The van der Waals surface area contributed by atoms with Crippen LogP contribution in [0.2, 0.25) is 0 Å². The molecule has 0 radical (unpaired) electrons. The van der Waals surface area contributed by atoms with Gasteiger partial charge in [-0.2, -0.15) is 0 Å². The Hall–Kier alpha value is -2.73. The molecule has 2 aromatic heterocycles. The van der Waals surface area contributed by atoms with Crippen molar-refractivity contribution in [1.82, 2.24) is 19.9 Å². The lowest BCUT2D eigenvalue weighted by atomic mass is 10.2. The number of hydrogen-bond acceptors (Lipinski definition) is 5. The molecule has 0 saturated heterocycles. The van der Waals surface area contributed by atoms with Crippen molar-refractivity contribution < 1.29 is 0 Å². The van der Waals surface area contributed by atoms with E-state index in [4.69, 9.17) is 9.97 Å². The molecule has 5 rings (SSSR count). The molecule has 1 N–H and O–H groups in total. The number of benzene rings is 2. The molecule has 1 aliphatic rings. The summed E-state index contributed by atoms with van der Waals surface area (Å²) >= 11 is 1.62. The number of aromatic nitrogens is 4. The van der Waals surface area contributed by atoms with Crippen LogP contribution in [-0.2, 0) is 0 Å². The number of H-pyrrole nitrogens is 1. The van der Waals surface area contributed by atoms with Crippen molar-refractivity contribution in [2.75, 3.05) is 0 Å². The monoisotopic (exact) mass is 374 g/mol. The highest BCUT2D eigenvalue weighted by atomic mass is 32.2. The maximum Gasteiger partial charge on any atom is 0.258 e. The van der Waals surface area contributed by atoms with Gasteiger partial charge in [0.15, 0.2) is 0 Å². The van der Waals surface area contributed by atoms with Crippen molar-refractivity contribution in [3.8, 4) is 0 Å². The van der Waals surface area contributed by atoms with E-state index in [0.717, 1.165) is 40.1 Å². The summed E-state index contributed by atoms with van der Waals surface area (Å²) in [5, 5.41) is 2.57. The smallest absolute Gasteiger partial charge is 0.258 e. The van der Waals surface area contributed by atoms with Crippen LogP contribution in [0, 0.1) is 0 Å². The topological polar surface area (TPSA) is 71.5 Å². The molecule has 0 bridgehead atoms. The van der Waals surface area contributed by atoms with E-state index in [1.54, 1.807) is 17.8 Å². The average molecular weight is 374 g/mol. The summed E-state index contributed by atoms with van der Waals surface area (Å²) < 4.78 is 0. The third-order valence-electron chi connectivity index (χ3n) is 4.83. The van der Waals surface area contributed by atoms with Crippen molar-refractivity contribution in [2.24, 2.45) is 0 Å². The summed E-state index contributed by atoms with van der Waals surface area (Å²) in [6, 6.07) is 15.5. The van der Waals surface area contributed by atoms with Crippen LogP contribution >= 0.6 is 11.8 Å². The Kier molecular flexibility index (Phi) is 3.93. The van der Waals surface area contributed by atoms with Crippen LogP contribution in [0.25, 0.3) is 21.8 Å². The van der Waals surface area contributed by atoms with Gasteiger partial charge in [0.2, 0.25) is 0 Å². The van der Waals surface area contributed by atoms with Gasteiger partial charge in [0, 0.05) is 11.3 Å². The maximum absolute atomic E-state index is 12.4. The van der Waals surface area contributed by atoms with E-state index >= 15 is 0 Å². The van der Waals surface area contributed by atoms with Gasteiger partial charge in [0.1, 0.15) is 16.7 Å². The second kappa shape index (κ2) is 6.46. The molecule has 1 saturated carbocycles. The molecule has 1 fully saturated rings. The fourth-order valence-electron chi connectivity index (χ4n) is 3.20. The zero-order valence-corrected chi connectivity index (χ0v) is 15.7. The van der Waals surface area contributed by atoms with Gasteiger partial charge in [-0.15, -0.1) is 0 Å². The molecule has 6 heteroatoms. The minimum absolute atomic E-state index is 0.0346. The minimum atomic E-state index is -0.103. The molecule has 1 unspecified atom stereocenters. The Morgan fingerprint density at radius 3 is 2.37 bits per heavy atom. The fourth-order valence-corrected chi connectivity index (χ4v) is 4.20. The number of aromatic amines is 1. The van der Waals surface area contributed by atoms with E-state index in [9.17, 15) is 4.79 Å². The van der Waals surface area contributed by atoms with Gasteiger partial charge in [0.05, 0.1) is 21.7 Å². The van der Waals surface area contributed by atoms with E-state index < -0.39 is 0 Å². The number of thioether (sulfide) groups is 1. The minimum Gasteiger partial charge on any atom is -0.309 e. The van der Waals surface area contributed by atoms with Crippen molar-refractivity contribution in [1.29, 1.82) is 0 Å². The number of nitrogens with one attached hydrogen (secondary N) is 1. The summed E-state index contributed by atoms with van der Waals surface area (Å²) in [5.41, 5.74) is 1.59. The maximum atomic E-state index is 12.4. The molecular formula is C21H18N4OS. The van der Waals surface area contributed by atoms with Crippen molar-refractivity contribution in [3.05, 3.63) is 70.5 Å². The number of rotatable bonds is 4. The highest BCUT2D eigenvalue weighted by Gasteiger charge is 2.28. The van der Waals surface area contributed by atoms with Gasteiger partial charge in [0.25, 0.3) is 5.56 Å². The van der Waals surface area contributed by atoms with Gasteiger partial charge in [-0.25, -0.2) is 15.0 Å². The van der Waals surface area contributed by atoms with Gasteiger partial charge in [-0.05, 0) is 38.0 Å². The molecule has 1 aliphatic carbocycles. The van der Waals surface area contributed by atoms with E-state index in [1.807, 2.05) is 43.3 Å². The van der Waals surface area contributed by atoms with Crippen LogP contribution < -0.4 is 5.56 Å². The first-order valence-corrected chi connectivity index (χ1v) is 9.99. The summed E-state index contributed by atoms with van der Waals surface area (Å²) in [4.78, 5) is 29.6. The SMILES string of the molecule is CC(Sc1nc(C2CC2)nc2ccccc12)c1nc2ccccc2c(=O)[nH]1. The molecule has 4 aromatic rings. The van der Waals surface area contributed by atoms with E-state index in [0.29, 0.717) is 17.1 Å². The molecule has 2 heterocycles. The van der Waals surface area contributed by atoms with Crippen molar-refractivity contribution >= 4 is 33.6 Å². The Labute approximate surface area is 160 Å². The molecule has 2 aromatic carbocycles.